The summed E-state index contributed by atoms with van der Waals surface area (Å²) >= 11 is 0. The number of nitrogens with zero attached hydrogens (tertiary/aromatic N) is 1. The number of benzene rings is 2. The number of fused-ring (bicyclic) bond motifs is 1. The largest absolute Gasteiger partial charge is 0.383 e. The smallest absolute Gasteiger partial charge is 0.251 e. The first-order valence-electron chi connectivity index (χ1n) is 8.36. The summed E-state index contributed by atoms with van der Waals surface area (Å²) in [6, 6.07) is 13.5. The standard InChI is InChI=1S/C19H22N2O4S/c1-21(2)26(24,25)16-8-5-7-15(12-16)18(22)20-13-19(23)11-10-14-6-3-4-9-17(14)19/h3-9,12,23H,10-11,13H2,1-2H3,(H,20,22). The summed E-state index contributed by atoms with van der Waals surface area (Å²) in [4.78, 5) is 12.5. The van der Waals surface area contributed by atoms with Crippen LogP contribution in [0.4, 0.5) is 0 Å². The molecule has 1 unspecified atom stereocenters. The lowest BCUT2D eigenvalue weighted by molar-refractivity contribution is 0.0369. The minimum Gasteiger partial charge on any atom is -0.383 e. The average Bonchev–Trinajstić information content (AvgIpc) is 2.97. The number of hydrogen-bond acceptors (Lipinski definition) is 4. The van der Waals surface area contributed by atoms with Crippen molar-refractivity contribution >= 4 is 15.9 Å². The third kappa shape index (κ3) is 3.38. The number of sulfonamides is 1. The molecular weight excluding hydrogens is 352 g/mol. The zero-order chi connectivity index (χ0) is 18.9. The molecule has 0 heterocycles. The second-order valence-electron chi connectivity index (χ2n) is 6.69. The highest BCUT2D eigenvalue weighted by Gasteiger charge is 2.36. The van der Waals surface area contributed by atoms with Crippen LogP contribution in [-0.2, 0) is 22.0 Å². The molecule has 0 saturated carbocycles. The molecule has 138 valence electrons. The molecule has 2 N–H and O–H groups in total. The summed E-state index contributed by atoms with van der Waals surface area (Å²) in [7, 11) is -0.732. The van der Waals surface area contributed by atoms with Crippen molar-refractivity contribution in [3.8, 4) is 0 Å². The van der Waals surface area contributed by atoms with Gasteiger partial charge < -0.3 is 10.4 Å². The van der Waals surface area contributed by atoms with Crippen molar-refractivity contribution in [3.63, 3.8) is 0 Å². The highest BCUT2D eigenvalue weighted by atomic mass is 32.2. The van der Waals surface area contributed by atoms with Crippen molar-refractivity contribution in [1.29, 1.82) is 0 Å². The molecule has 0 bridgehead atoms. The van der Waals surface area contributed by atoms with Gasteiger partial charge in [-0.1, -0.05) is 30.3 Å². The Morgan fingerprint density at radius 1 is 1.19 bits per heavy atom. The van der Waals surface area contributed by atoms with Gasteiger partial charge in [-0.25, -0.2) is 12.7 Å². The molecule has 7 heteroatoms. The summed E-state index contributed by atoms with van der Waals surface area (Å²) in [5, 5.41) is 13.6. The van der Waals surface area contributed by atoms with Crippen LogP contribution in [0.3, 0.4) is 0 Å². The minimum absolute atomic E-state index is 0.0556. The third-order valence-electron chi connectivity index (χ3n) is 4.74. The number of rotatable bonds is 5. The number of aryl methyl sites for hydroxylation is 1. The minimum atomic E-state index is -3.61. The van der Waals surface area contributed by atoms with Crippen LogP contribution in [0, 0.1) is 0 Å². The Labute approximate surface area is 153 Å². The van der Waals surface area contributed by atoms with Crippen molar-refractivity contribution < 1.29 is 18.3 Å². The third-order valence-corrected chi connectivity index (χ3v) is 6.55. The molecule has 0 spiro atoms. The van der Waals surface area contributed by atoms with E-state index in [-0.39, 0.29) is 17.0 Å². The average molecular weight is 374 g/mol. The van der Waals surface area contributed by atoms with Crippen LogP contribution in [0.25, 0.3) is 0 Å². The van der Waals surface area contributed by atoms with Gasteiger partial charge in [-0.2, -0.15) is 0 Å². The number of carbonyl (C=O) groups is 1. The van der Waals surface area contributed by atoms with Crippen LogP contribution in [0.15, 0.2) is 53.4 Å². The Morgan fingerprint density at radius 3 is 2.65 bits per heavy atom. The van der Waals surface area contributed by atoms with Gasteiger partial charge in [0.15, 0.2) is 0 Å². The fourth-order valence-electron chi connectivity index (χ4n) is 3.19. The number of aliphatic hydroxyl groups is 1. The SMILES string of the molecule is CN(C)S(=O)(=O)c1cccc(C(=O)NCC2(O)CCc3ccccc32)c1. The van der Waals surface area contributed by atoms with Crippen LogP contribution >= 0.6 is 0 Å². The van der Waals surface area contributed by atoms with Gasteiger partial charge in [-0.15, -0.1) is 0 Å². The highest BCUT2D eigenvalue weighted by molar-refractivity contribution is 7.89. The Kier molecular flexibility index (Phi) is 4.88. The van der Waals surface area contributed by atoms with Crippen molar-refractivity contribution in [3.05, 3.63) is 65.2 Å². The van der Waals surface area contributed by atoms with Crippen molar-refractivity contribution in [2.75, 3.05) is 20.6 Å². The number of amides is 1. The van der Waals surface area contributed by atoms with Gasteiger partial charge in [0.1, 0.15) is 5.60 Å². The monoisotopic (exact) mass is 374 g/mol. The van der Waals surface area contributed by atoms with Gasteiger partial charge in [0.25, 0.3) is 5.91 Å². The van der Waals surface area contributed by atoms with Gasteiger partial charge >= 0.3 is 0 Å². The maximum absolute atomic E-state index is 12.5. The predicted octanol–water partition coefficient (Wildman–Crippen LogP) is 1.50. The zero-order valence-electron chi connectivity index (χ0n) is 14.8. The summed E-state index contributed by atoms with van der Waals surface area (Å²) < 4.78 is 25.5. The molecule has 2 aromatic carbocycles. The first kappa shape index (κ1) is 18.6. The molecule has 1 aliphatic rings. The molecule has 1 atom stereocenters. The lowest BCUT2D eigenvalue weighted by atomic mass is 9.96. The van der Waals surface area contributed by atoms with Crippen molar-refractivity contribution in [2.45, 2.75) is 23.3 Å². The zero-order valence-corrected chi connectivity index (χ0v) is 15.6. The van der Waals surface area contributed by atoms with E-state index in [0.717, 1.165) is 21.9 Å². The van der Waals surface area contributed by atoms with Gasteiger partial charge in [-0.05, 0) is 42.2 Å². The fraction of sp³-hybridized carbons (Fsp3) is 0.316. The van der Waals surface area contributed by atoms with E-state index in [1.54, 1.807) is 6.07 Å². The molecule has 0 radical (unpaired) electrons. The predicted molar refractivity (Wildman–Crippen MR) is 98.3 cm³/mol. The molecule has 0 saturated heterocycles. The normalized spacial score (nSPS) is 19.4. The van der Waals surface area contributed by atoms with Crippen molar-refractivity contribution in [2.24, 2.45) is 0 Å². The van der Waals surface area contributed by atoms with Gasteiger partial charge in [0.05, 0.1) is 11.4 Å². The van der Waals surface area contributed by atoms with E-state index < -0.39 is 21.5 Å². The topological polar surface area (TPSA) is 86.7 Å². The second-order valence-corrected chi connectivity index (χ2v) is 8.84. The molecule has 0 aromatic heterocycles. The molecule has 6 nitrogen and oxygen atoms in total. The summed E-state index contributed by atoms with van der Waals surface area (Å²) in [6.45, 7) is 0.0769. The summed E-state index contributed by atoms with van der Waals surface area (Å²) in [6.07, 6.45) is 1.31. The van der Waals surface area contributed by atoms with Crippen molar-refractivity contribution in [1.82, 2.24) is 9.62 Å². The Hall–Kier alpha value is -2.22. The lowest BCUT2D eigenvalue weighted by Crippen LogP contribution is -2.39. The van der Waals surface area contributed by atoms with E-state index in [1.807, 2.05) is 24.3 Å². The molecule has 26 heavy (non-hydrogen) atoms. The lowest BCUT2D eigenvalue weighted by Gasteiger charge is -2.24. The summed E-state index contributed by atoms with van der Waals surface area (Å²) in [5.41, 5.74) is 1.06. The Balaban J connectivity index is 1.76. The Morgan fingerprint density at radius 2 is 1.92 bits per heavy atom. The maximum atomic E-state index is 12.5. The first-order valence-corrected chi connectivity index (χ1v) is 9.80. The van der Waals surface area contributed by atoms with E-state index in [2.05, 4.69) is 5.32 Å². The van der Waals surface area contributed by atoms with E-state index in [4.69, 9.17) is 0 Å². The molecular formula is C19H22N2O4S. The van der Waals surface area contributed by atoms with Crippen LogP contribution in [0.2, 0.25) is 0 Å². The number of carbonyl (C=O) groups excluding carboxylic acids is 1. The van der Waals surface area contributed by atoms with E-state index in [9.17, 15) is 18.3 Å². The van der Waals surface area contributed by atoms with Gasteiger partial charge in [0.2, 0.25) is 10.0 Å². The van der Waals surface area contributed by atoms with Crippen LogP contribution < -0.4 is 5.32 Å². The first-order chi connectivity index (χ1) is 12.2. The van der Waals surface area contributed by atoms with Gasteiger partial charge in [0, 0.05) is 19.7 Å². The second kappa shape index (κ2) is 6.83. The highest BCUT2D eigenvalue weighted by Crippen LogP contribution is 2.36. The summed E-state index contributed by atoms with van der Waals surface area (Å²) in [5.74, 6) is -0.418. The fourth-order valence-corrected chi connectivity index (χ4v) is 4.14. The van der Waals surface area contributed by atoms with E-state index >= 15 is 0 Å². The molecule has 1 aliphatic carbocycles. The maximum Gasteiger partial charge on any atom is 0.251 e. The van der Waals surface area contributed by atoms with Gasteiger partial charge in [-0.3, -0.25) is 4.79 Å². The molecule has 1 amide bonds. The van der Waals surface area contributed by atoms with E-state index in [0.29, 0.717) is 6.42 Å². The molecule has 0 fully saturated rings. The number of nitrogens with one attached hydrogen (secondary N) is 1. The van der Waals surface area contributed by atoms with Crippen LogP contribution in [0.5, 0.6) is 0 Å². The quantitative estimate of drug-likeness (QED) is 0.830. The van der Waals surface area contributed by atoms with Crippen LogP contribution in [-0.4, -0.2) is 44.4 Å². The molecule has 0 aliphatic heterocycles. The van der Waals surface area contributed by atoms with Crippen LogP contribution in [0.1, 0.15) is 27.9 Å². The molecule has 3 rings (SSSR count). The Bertz CT molecular complexity index is 940. The molecule has 2 aromatic rings. The number of hydrogen-bond donors (Lipinski definition) is 2. The van der Waals surface area contributed by atoms with E-state index in [1.165, 1.54) is 32.3 Å².